The van der Waals surface area contributed by atoms with Crippen molar-refractivity contribution in [3.8, 4) is 0 Å². The van der Waals surface area contributed by atoms with Gasteiger partial charge in [0, 0.05) is 18.0 Å². The van der Waals surface area contributed by atoms with E-state index in [-0.39, 0.29) is 0 Å². The highest BCUT2D eigenvalue weighted by atomic mass is 35.5. The highest BCUT2D eigenvalue weighted by molar-refractivity contribution is 6.43. The number of alkyl halides is 2. The molecule has 0 amide bonds. The van der Waals surface area contributed by atoms with Crippen LogP contribution >= 0.6 is 23.2 Å². The molecule has 3 nitrogen and oxygen atoms in total. The Labute approximate surface area is 128 Å². The first-order chi connectivity index (χ1) is 9.51. The van der Waals surface area contributed by atoms with Crippen LogP contribution < -0.4 is 0 Å². The Balaban J connectivity index is 2.41. The average molecular weight is 312 g/mol. The van der Waals surface area contributed by atoms with Gasteiger partial charge in [0.15, 0.2) is 0 Å². The molecule has 1 heterocycles. The molecule has 20 heavy (non-hydrogen) atoms. The van der Waals surface area contributed by atoms with Crippen LogP contribution in [0.2, 0.25) is 0 Å². The molecule has 5 heteroatoms. The van der Waals surface area contributed by atoms with Crippen LogP contribution in [0, 0.1) is 0 Å². The van der Waals surface area contributed by atoms with Crippen LogP contribution in [0.3, 0.4) is 0 Å². The maximum Gasteiger partial charge on any atom is 0.207 e. The molecular formula is C15H15Cl2NO2. The lowest BCUT2D eigenvalue weighted by Gasteiger charge is -2.33. The predicted molar refractivity (Wildman–Crippen MR) is 79.6 cm³/mol. The smallest absolute Gasteiger partial charge is 0.207 e. The summed E-state index contributed by atoms with van der Waals surface area (Å²) in [6.45, 7) is 1.65. The first-order valence-electron chi connectivity index (χ1n) is 6.13. The molecule has 0 bridgehead atoms. The molecule has 0 aliphatic heterocycles. The largest absolute Gasteiger partial charge is 0.382 e. The fourth-order valence-corrected chi connectivity index (χ4v) is 2.29. The fraction of sp³-hybridized carbons (Fsp3) is 0.267. The molecule has 0 aliphatic carbocycles. The van der Waals surface area contributed by atoms with E-state index in [9.17, 15) is 5.11 Å². The SMILES string of the molecule is CC(O)(c1cccnc1)C(OC(Cl)Cl)c1ccccc1. The van der Waals surface area contributed by atoms with E-state index >= 15 is 0 Å². The average Bonchev–Trinajstić information content (AvgIpc) is 2.46. The number of rotatable bonds is 5. The van der Waals surface area contributed by atoms with E-state index in [0.29, 0.717) is 5.56 Å². The van der Waals surface area contributed by atoms with Crippen molar-refractivity contribution in [1.82, 2.24) is 4.98 Å². The fourth-order valence-electron chi connectivity index (χ4n) is 2.08. The Hall–Kier alpha value is -1.13. The second-order valence-corrected chi connectivity index (χ2v) is 5.59. The van der Waals surface area contributed by atoms with Crippen LogP contribution in [-0.2, 0) is 10.3 Å². The Bertz CT molecular complexity index is 532. The van der Waals surface area contributed by atoms with E-state index in [0.717, 1.165) is 5.56 Å². The van der Waals surface area contributed by atoms with Crippen molar-refractivity contribution in [3.63, 3.8) is 0 Å². The number of nitrogens with zero attached hydrogens (tertiary/aromatic N) is 1. The molecule has 2 rings (SSSR count). The molecule has 1 N–H and O–H groups in total. The van der Waals surface area contributed by atoms with Crippen molar-refractivity contribution < 1.29 is 9.84 Å². The third-order valence-electron chi connectivity index (χ3n) is 3.10. The zero-order valence-corrected chi connectivity index (χ0v) is 12.4. The van der Waals surface area contributed by atoms with Gasteiger partial charge in [-0.3, -0.25) is 4.98 Å². The summed E-state index contributed by atoms with van der Waals surface area (Å²) in [5, 5.41) is 9.83. The first-order valence-corrected chi connectivity index (χ1v) is 7.00. The molecule has 0 saturated carbocycles. The number of hydrogen-bond donors (Lipinski definition) is 1. The van der Waals surface area contributed by atoms with Crippen molar-refractivity contribution in [3.05, 3.63) is 66.0 Å². The summed E-state index contributed by atoms with van der Waals surface area (Å²) in [6.07, 6.45) is 2.54. The normalized spacial score (nSPS) is 15.8. The van der Waals surface area contributed by atoms with Gasteiger partial charge in [-0.25, -0.2) is 0 Å². The van der Waals surface area contributed by atoms with Gasteiger partial charge in [0.05, 0.1) is 0 Å². The van der Waals surface area contributed by atoms with Crippen molar-refractivity contribution >= 4 is 23.2 Å². The Kier molecular flexibility index (Phi) is 5.00. The molecular weight excluding hydrogens is 297 g/mol. The lowest BCUT2D eigenvalue weighted by molar-refractivity contribution is -0.103. The standard InChI is InChI=1S/C15H15Cl2NO2/c1-15(19,12-8-5-9-18-10-12)13(20-14(16)17)11-6-3-2-4-7-11/h2-10,13-14,19H,1H3. The van der Waals surface area contributed by atoms with Crippen LogP contribution in [-0.4, -0.2) is 15.1 Å². The Morgan fingerprint density at radius 3 is 2.40 bits per heavy atom. The lowest BCUT2D eigenvalue weighted by atomic mass is 9.87. The van der Waals surface area contributed by atoms with Gasteiger partial charge in [-0.15, -0.1) is 0 Å². The van der Waals surface area contributed by atoms with Crippen LogP contribution in [0.15, 0.2) is 54.9 Å². The third-order valence-corrected chi connectivity index (χ3v) is 3.30. The van der Waals surface area contributed by atoms with Crippen molar-refractivity contribution in [2.75, 3.05) is 0 Å². The molecule has 0 aliphatic rings. The lowest BCUT2D eigenvalue weighted by Crippen LogP contribution is -2.33. The third kappa shape index (κ3) is 3.49. The van der Waals surface area contributed by atoms with Gasteiger partial charge in [-0.2, -0.15) is 0 Å². The van der Waals surface area contributed by atoms with Crippen molar-refractivity contribution in [2.45, 2.75) is 23.7 Å². The summed E-state index contributed by atoms with van der Waals surface area (Å²) in [5.74, 6) is 0. The highest BCUT2D eigenvalue weighted by Gasteiger charge is 2.37. The summed E-state index contributed by atoms with van der Waals surface area (Å²) in [5.41, 5.74) is 0.105. The minimum atomic E-state index is -1.31. The number of aromatic nitrogens is 1. The summed E-state index contributed by atoms with van der Waals surface area (Å²) >= 11 is 11.5. The van der Waals surface area contributed by atoms with Crippen molar-refractivity contribution in [1.29, 1.82) is 0 Å². The number of ether oxygens (including phenoxy) is 1. The molecule has 1 aromatic carbocycles. The minimum absolute atomic E-state index is 0.628. The highest BCUT2D eigenvalue weighted by Crippen LogP contribution is 2.39. The summed E-state index contributed by atoms with van der Waals surface area (Å²) in [6, 6.07) is 12.9. The molecule has 2 unspecified atom stereocenters. The predicted octanol–water partition coefficient (Wildman–Crippen LogP) is 3.81. The molecule has 1 aromatic heterocycles. The van der Waals surface area contributed by atoms with E-state index in [1.54, 1.807) is 31.5 Å². The van der Waals surface area contributed by atoms with Crippen LogP contribution in [0.1, 0.15) is 24.2 Å². The van der Waals surface area contributed by atoms with E-state index in [1.165, 1.54) is 0 Å². The maximum atomic E-state index is 10.9. The zero-order valence-electron chi connectivity index (χ0n) is 10.9. The molecule has 106 valence electrons. The van der Waals surface area contributed by atoms with Gasteiger partial charge in [0.1, 0.15) is 11.7 Å². The summed E-state index contributed by atoms with van der Waals surface area (Å²) < 4.78 is 5.51. The topological polar surface area (TPSA) is 42.4 Å². The van der Waals surface area contributed by atoms with Crippen LogP contribution in [0.5, 0.6) is 0 Å². The van der Waals surface area contributed by atoms with Gasteiger partial charge >= 0.3 is 0 Å². The summed E-state index contributed by atoms with van der Waals surface area (Å²) in [7, 11) is 0. The second-order valence-electron chi connectivity index (χ2n) is 4.58. The number of halogens is 2. The van der Waals surface area contributed by atoms with Gasteiger partial charge in [0.2, 0.25) is 5.02 Å². The molecule has 0 fully saturated rings. The number of hydrogen-bond acceptors (Lipinski definition) is 3. The molecule has 2 aromatic rings. The summed E-state index contributed by atoms with van der Waals surface area (Å²) in [4.78, 5) is 4.02. The van der Waals surface area contributed by atoms with Crippen LogP contribution in [0.25, 0.3) is 0 Å². The number of pyridine rings is 1. The molecule has 2 atom stereocenters. The maximum absolute atomic E-state index is 10.9. The number of aliphatic hydroxyl groups is 1. The van der Waals surface area contributed by atoms with Gasteiger partial charge < -0.3 is 9.84 Å². The van der Waals surface area contributed by atoms with Gasteiger partial charge in [-0.05, 0) is 18.6 Å². The van der Waals surface area contributed by atoms with Crippen molar-refractivity contribution in [2.24, 2.45) is 0 Å². The van der Waals surface area contributed by atoms with E-state index in [1.807, 2.05) is 30.3 Å². The first kappa shape index (κ1) is 15.3. The van der Waals surface area contributed by atoms with Gasteiger partial charge in [0.25, 0.3) is 0 Å². The van der Waals surface area contributed by atoms with Gasteiger partial charge in [-0.1, -0.05) is 59.6 Å². The Morgan fingerprint density at radius 1 is 1.15 bits per heavy atom. The van der Waals surface area contributed by atoms with Crippen LogP contribution in [0.4, 0.5) is 0 Å². The quantitative estimate of drug-likeness (QED) is 0.854. The second kappa shape index (κ2) is 6.55. The van der Waals surface area contributed by atoms with E-state index in [2.05, 4.69) is 4.98 Å². The molecule has 0 saturated heterocycles. The zero-order chi connectivity index (χ0) is 14.6. The number of benzene rings is 1. The molecule has 0 spiro atoms. The minimum Gasteiger partial charge on any atom is -0.382 e. The molecule has 0 radical (unpaired) electrons. The monoisotopic (exact) mass is 311 g/mol. The van der Waals surface area contributed by atoms with E-state index in [4.69, 9.17) is 27.9 Å². The Morgan fingerprint density at radius 2 is 1.85 bits per heavy atom. The van der Waals surface area contributed by atoms with E-state index < -0.39 is 16.7 Å².